The Hall–Kier alpha value is -0.900. The van der Waals surface area contributed by atoms with Gasteiger partial charge in [0, 0.05) is 20.4 Å². The highest BCUT2D eigenvalue weighted by Crippen LogP contribution is 1.94. The maximum Gasteiger partial charge on any atom is 0.226 e. The van der Waals surface area contributed by atoms with Crippen molar-refractivity contribution in [2.24, 2.45) is 0 Å². The fraction of sp³-hybridized carbons (Fsp3) is 0.778. The second kappa shape index (κ2) is 5.70. The van der Waals surface area contributed by atoms with Crippen molar-refractivity contribution in [3.8, 4) is 0 Å². The molecule has 0 rings (SSSR count). The van der Waals surface area contributed by atoms with Gasteiger partial charge in [0.25, 0.3) is 0 Å². The van der Waals surface area contributed by atoms with Gasteiger partial charge in [-0.05, 0) is 27.1 Å². The molecule has 4 nitrogen and oxygen atoms in total. The van der Waals surface area contributed by atoms with Crippen LogP contribution in [0.15, 0.2) is 0 Å². The van der Waals surface area contributed by atoms with E-state index in [1.54, 1.807) is 0 Å². The second-order valence-electron chi connectivity index (χ2n) is 3.35. The molecule has 0 aliphatic carbocycles. The number of hydrogen-bond acceptors (Lipinski definition) is 3. The predicted octanol–water partition coefficient (Wildman–Crippen LogP) is 0.333. The van der Waals surface area contributed by atoms with Gasteiger partial charge in [0.2, 0.25) is 11.8 Å². The van der Waals surface area contributed by atoms with Crippen LogP contribution in [-0.2, 0) is 9.59 Å². The van der Waals surface area contributed by atoms with Crippen LogP contribution in [0.5, 0.6) is 0 Å². The number of nitrogens with zero attached hydrogens (tertiary/aromatic N) is 2. The minimum atomic E-state index is -0.175. The van der Waals surface area contributed by atoms with Crippen LogP contribution in [0.3, 0.4) is 0 Å². The van der Waals surface area contributed by atoms with Crippen molar-refractivity contribution in [2.45, 2.75) is 20.3 Å². The summed E-state index contributed by atoms with van der Waals surface area (Å²) in [4.78, 5) is 25.2. The summed E-state index contributed by atoms with van der Waals surface area (Å²) >= 11 is 0. The number of rotatable bonds is 4. The van der Waals surface area contributed by atoms with E-state index in [2.05, 4.69) is 0 Å². The summed E-state index contributed by atoms with van der Waals surface area (Å²) in [6, 6.07) is 0. The predicted molar refractivity (Wildman–Crippen MR) is 51.2 cm³/mol. The summed E-state index contributed by atoms with van der Waals surface area (Å²) in [6.07, 6.45) is 0.826. The number of carbonyl (C=O) groups is 2. The highest BCUT2D eigenvalue weighted by Gasteiger charge is 2.12. The molecule has 0 aromatic heterocycles. The van der Waals surface area contributed by atoms with Crippen molar-refractivity contribution in [2.75, 3.05) is 27.2 Å². The van der Waals surface area contributed by atoms with E-state index in [0.29, 0.717) is 6.54 Å². The second-order valence-corrected chi connectivity index (χ2v) is 3.35. The van der Waals surface area contributed by atoms with Gasteiger partial charge in [0.05, 0.1) is 0 Å². The van der Waals surface area contributed by atoms with Gasteiger partial charge in [0.1, 0.15) is 0 Å². The Morgan fingerprint density at radius 3 is 1.77 bits per heavy atom. The van der Waals surface area contributed by atoms with E-state index in [-0.39, 0.29) is 11.8 Å². The fourth-order valence-corrected chi connectivity index (χ4v) is 1.08. The molecule has 0 aliphatic heterocycles. The van der Waals surface area contributed by atoms with E-state index in [0.717, 1.165) is 13.0 Å². The lowest BCUT2D eigenvalue weighted by Crippen LogP contribution is -2.35. The third-order valence-electron chi connectivity index (χ3n) is 1.75. The molecule has 13 heavy (non-hydrogen) atoms. The maximum absolute atomic E-state index is 11.0. The number of imide groups is 1. The third kappa shape index (κ3) is 5.36. The van der Waals surface area contributed by atoms with E-state index < -0.39 is 0 Å². The molecule has 0 fully saturated rings. The van der Waals surface area contributed by atoms with E-state index in [4.69, 9.17) is 0 Å². The monoisotopic (exact) mass is 186 g/mol. The summed E-state index contributed by atoms with van der Waals surface area (Å²) in [6.45, 7) is 4.23. The Balaban J connectivity index is 3.84. The van der Waals surface area contributed by atoms with Crippen LogP contribution in [0.4, 0.5) is 0 Å². The molecular weight excluding hydrogens is 168 g/mol. The number of carbonyl (C=O) groups excluding carboxylic acids is 2. The van der Waals surface area contributed by atoms with Crippen molar-refractivity contribution >= 4 is 11.8 Å². The molecule has 0 spiro atoms. The van der Waals surface area contributed by atoms with Crippen LogP contribution >= 0.6 is 0 Å². The van der Waals surface area contributed by atoms with Gasteiger partial charge < -0.3 is 4.90 Å². The molecule has 2 amide bonds. The molecule has 0 aromatic carbocycles. The molecule has 76 valence electrons. The summed E-state index contributed by atoms with van der Waals surface area (Å²) in [5.74, 6) is -0.350. The van der Waals surface area contributed by atoms with Crippen molar-refractivity contribution in [3.63, 3.8) is 0 Å². The van der Waals surface area contributed by atoms with Crippen molar-refractivity contribution in [1.82, 2.24) is 9.80 Å². The molecule has 0 bridgehead atoms. The highest BCUT2D eigenvalue weighted by atomic mass is 16.2. The lowest BCUT2D eigenvalue weighted by atomic mass is 10.3. The van der Waals surface area contributed by atoms with Gasteiger partial charge in [-0.25, -0.2) is 0 Å². The topological polar surface area (TPSA) is 40.6 Å². The Kier molecular flexibility index (Phi) is 5.30. The molecule has 0 aliphatic rings. The zero-order valence-electron chi connectivity index (χ0n) is 8.83. The molecule has 0 radical (unpaired) electrons. The first kappa shape index (κ1) is 12.1. The van der Waals surface area contributed by atoms with Crippen molar-refractivity contribution in [1.29, 1.82) is 0 Å². The first-order chi connectivity index (χ1) is 5.95. The first-order valence-corrected chi connectivity index (χ1v) is 4.38. The number of hydrogen-bond donors (Lipinski definition) is 0. The quantitative estimate of drug-likeness (QED) is 0.635. The summed E-state index contributed by atoms with van der Waals surface area (Å²) in [5.41, 5.74) is 0. The molecule has 0 heterocycles. The maximum atomic E-state index is 11.0. The fourth-order valence-electron chi connectivity index (χ4n) is 1.08. The first-order valence-electron chi connectivity index (χ1n) is 4.38. The van der Waals surface area contributed by atoms with Gasteiger partial charge >= 0.3 is 0 Å². The average molecular weight is 186 g/mol. The lowest BCUT2D eigenvalue weighted by Gasteiger charge is -2.18. The Morgan fingerprint density at radius 1 is 1.00 bits per heavy atom. The molecule has 4 heteroatoms. The van der Waals surface area contributed by atoms with Crippen LogP contribution in [0.1, 0.15) is 20.3 Å². The van der Waals surface area contributed by atoms with Gasteiger partial charge in [0.15, 0.2) is 0 Å². The average Bonchev–Trinajstić information content (AvgIpc) is 1.95. The Labute approximate surface area is 79.5 Å². The molecule has 0 N–H and O–H groups in total. The van der Waals surface area contributed by atoms with Crippen LogP contribution in [0, 0.1) is 0 Å². The Bertz CT molecular complexity index is 176. The zero-order chi connectivity index (χ0) is 10.4. The lowest BCUT2D eigenvalue weighted by molar-refractivity contribution is -0.142. The van der Waals surface area contributed by atoms with Crippen LogP contribution < -0.4 is 0 Å². The minimum absolute atomic E-state index is 0.175. The zero-order valence-corrected chi connectivity index (χ0v) is 8.83. The SMILES string of the molecule is CC(=O)N(CCCN(C)C)C(C)=O. The normalized spacial score (nSPS) is 10.2. The van der Waals surface area contributed by atoms with Gasteiger partial charge in [-0.15, -0.1) is 0 Å². The smallest absolute Gasteiger partial charge is 0.226 e. The van der Waals surface area contributed by atoms with Gasteiger partial charge in [-0.2, -0.15) is 0 Å². The molecule has 0 aromatic rings. The summed E-state index contributed by atoms with van der Waals surface area (Å²) in [7, 11) is 3.93. The highest BCUT2D eigenvalue weighted by molar-refractivity contribution is 5.92. The van der Waals surface area contributed by atoms with E-state index in [9.17, 15) is 9.59 Å². The van der Waals surface area contributed by atoms with Gasteiger partial charge in [-0.3, -0.25) is 14.5 Å². The molecule has 0 atom stereocenters. The van der Waals surface area contributed by atoms with Crippen LogP contribution in [0.2, 0.25) is 0 Å². The molecule has 0 unspecified atom stereocenters. The Morgan fingerprint density at radius 2 is 1.46 bits per heavy atom. The molecular formula is C9H18N2O2. The van der Waals surface area contributed by atoms with Crippen LogP contribution in [-0.4, -0.2) is 48.8 Å². The van der Waals surface area contributed by atoms with E-state index >= 15 is 0 Å². The van der Waals surface area contributed by atoms with Crippen molar-refractivity contribution < 1.29 is 9.59 Å². The summed E-state index contributed by atoms with van der Waals surface area (Å²) in [5, 5.41) is 0. The summed E-state index contributed by atoms with van der Waals surface area (Å²) < 4.78 is 0. The molecule has 0 saturated carbocycles. The minimum Gasteiger partial charge on any atom is -0.309 e. The van der Waals surface area contributed by atoms with E-state index in [1.807, 2.05) is 19.0 Å². The van der Waals surface area contributed by atoms with Gasteiger partial charge in [-0.1, -0.05) is 0 Å². The standard InChI is InChI=1S/C9H18N2O2/c1-8(12)11(9(2)13)7-5-6-10(3)4/h5-7H2,1-4H3. The third-order valence-corrected chi connectivity index (χ3v) is 1.75. The van der Waals surface area contributed by atoms with Crippen molar-refractivity contribution in [3.05, 3.63) is 0 Å². The number of amides is 2. The largest absolute Gasteiger partial charge is 0.309 e. The van der Waals surface area contributed by atoms with Crippen LogP contribution in [0.25, 0.3) is 0 Å². The molecule has 0 saturated heterocycles. The van der Waals surface area contributed by atoms with E-state index in [1.165, 1.54) is 18.7 Å².